The molecule has 0 bridgehead atoms. The van der Waals surface area contributed by atoms with Gasteiger partial charge < -0.3 is 18.5 Å². The molecule has 0 aliphatic heterocycles. The molecule has 4 aromatic carbocycles. The number of carbonyl (C=O) groups excluding carboxylic acids is 1. The lowest BCUT2D eigenvalue weighted by atomic mass is 10.1. The van der Waals surface area contributed by atoms with Crippen molar-refractivity contribution in [2.45, 2.75) is 12.5 Å². The van der Waals surface area contributed by atoms with Gasteiger partial charge in [-0.2, -0.15) is 0 Å². The SMILES string of the molecule is COC(=O)C(Cc1ccccc1)Oc1ccc2cc(-c3cnc(-c4cn(C)c5ccccc45)o3)ccc2c1. The summed E-state index contributed by atoms with van der Waals surface area (Å²) in [6.07, 6.45) is 3.50. The van der Waals surface area contributed by atoms with Gasteiger partial charge in [0, 0.05) is 36.1 Å². The molecule has 0 N–H and O–H groups in total. The Kier molecular flexibility index (Phi) is 6.14. The summed E-state index contributed by atoms with van der Waals surface area (Å²) in [5, 5.41) is 3.12. The molecule has 6 rings (SSSR count). The molecule has 0 radical (unpaired) electrons. The topological polar surface area (TPSA) is 66.5 Å². The average molecular weight is 503 g/mol. The molecule has 0 spiro atoms. The van der Waals surface area contributed by atoms with Crippen LogP contribution in [0.25, 0.3) is 44.5 Å². The maximum absolute atomic E-state index is 12.4. The van der Waals surface area contributed by atoms with Crippen molar-refractivity contribution in [2.24, 2.45) is 7.05 Å². The van der Waals surface area contributed by atoms with E-state index in [9.17, 15) is 4.79 Å². The van der Waals surface area contributed by atoms with Gasteiger partial charge in [-0.05, 0) is 40.6 Å². The van der Waals surface area contributed by atoms with Crippen LogP contribution in [-0.2, 0) is 23.0 Å². The highest BCUT2D eigenvalue weighted by Gasteiger charge is 2.22. The first-order valence-corrected chi connectivity index (χ1v) is 12.4. The Labute approximate surface area is 220 Å². The molecular weight excluding hydrogens is 476 g/mol. The zero-order valence-corrected chi connectivity index (χ0v) is 21.1. The summed E-state index contributed by atoms with van der Waals surface area (Å²) >= 11 is 0. The Morgan fingerprint density at radius 3 is 2.55 bits per heavy atom. The molecule has 2 aromatic heterocycles. The standard InChI is InChI=1S/C32H26N2O4/c1-34-20-27(26-10-6-7-11-28(26)34)31-33-19-30(38-31)24-13-12-23-18-25(15-14-22(23)17-24)37-29(32(35)36-2)16-21-8-4-3-5-9-21/h3-15,17-20,29H,16H2,1-2H3. The number of rotatable bonds is 7. The van der Waals surface area contributed by atoms with Gasteiger partial charge >= 0.3 is 5.97 Å². The molecule has 1 atom stereocenters. The van der Waals surface area contributed by atoms with Crippen molar-refractivity contribution in [1.82, 2.24) is 9.55 Å². The van der Waals surface area contributed by atoms with Crippen LogP contribution in [0.4, 0.5) is 0 Å². The van der Waals surface area contributed by atoms with Crippen LogP contribution >= 0.6 is 0 Å². The van der Waals surface area contributed by atoms with E-state index in [1.807, 2.05) is 86.0 Å². The minimum atomic E-state index is -0.735. The number of oxazole rings is 1. The minimum Gasteiger partial charge on any atom is -0.478 e. The summed E-state index contributed by atoms with van der Waals surface area (Å²) in [6.45, 7) is 0. The Morgan fingerprint density at radius 2 is 1.71 bits per heavy atom. The van der Waals surface area contributed by atoms with Gasteiger partial charge in [-0.25, -0.2) is 9.78 Å². The smallest absolute Gasteiger partial charge is 0.347 e. The first kappa shape index (κ1) is 23.6. The second kappa shape index (κ2) is 9.90. The zero-order valence-electron chi connectivity index (χ0n) is 21.1. The fourth-order valence-electron chi connectivity index (χ4n) is 4.79. The van der Waals surface area contributed by atoms with Crippen LogP contribution in [0.1, 0.15) is 5.56 Å². The number of ether oxygens (including phenoxy) is 2. The maximum Gasteiger partial charge on any atom is 0.347 e. The largest absolute Gasteiger partial charge is 0.478 e. The monoisotopic (exact) mass is 502 g/mol. The molecule has 0 saturated heterocycles. The number of fused-ring (bicyclic) bond motifs is 2. The summed E-state index contributed by atoms with van der Waals surface area (Å²) in [5.41, 5.74) is 4.03. The predicted octanol–water partition coefficient (Wildman–Crippen LogP) is 6.82. The van der Waals surface area contributed by atoms with Crippen molar-refractivity contribution >= 4 is 27.6 Å². The van der Waals surface area contributed by atoms with Crippen molar-refractivity contribution in [3.05, 3.63) is 109 Å². The van der Waals surface area contributed by atoms with Gasteiger partial charge in [0.1, 0.15) is 5.75 Å². The van der Waals surface area contributed by atoms with E-state index in [2.05, 4.69) is 27.8 Å². The molecule has 0 aliphatic rings. The van der Waals surface area contributed by atoms with E-state index in [0.717, 1.165) is 38.4 Å². The van der Waals surface area contributed by atoms with E-state index in [4.69, 9.17) is 13.9 Å². The summed E-state index contributed by atoms with van der Waals surface area (Å²) in [5.74, 6) is 1.49. The second-order valence-electron chi connectivity index (χ2n) is 9.24. The molecule has 2 heterocycles. The van der Waals surface area contributed by atoms with Gasteiger partial charge in [0.25, 0.3) is 0 Å². The van der Waals surface area contributed by atoms with Gasteiger partial charge in [0.2, 0.25) is 5.89 Å². The number of hydrogen-bond donors (Lipinski definition) is 0. The average Bonchev–Trinajstić information content (AvgIpc) is 3.58. The van der Waals surface area contributed by atoms with Crippen LogP contribution in [0.5, 0.6) is 5.75 Å². The van der Waals surface area contributed by atoms with Gasteiger partial charge in [-0.1, -0.05) is 66.7 Å². The third kappa shape index (κ3) is 4.52. The van der Waals surface area contributed by atoms with Gasteiger partial charge in [-0.15, -0.1) is 0 Å². The fraction of sp³-hybridized carbons (Fsp3) is 0.125. The van der Waals surface area contributed by atoms with Crippen LogP contribution in [0.2, 0.25) is 0 Å². The molecule has 38 heavy (non-hydrogen) atoms. The highest BCUT2D eigenvalue weighted by Crippen LogP contribution is 2.33. The van der Waals surface area contributed by atoms with Crippen molar-refractivity contribution in [3.63, 3.8) is 0 Å². The number of para-hydroxylation sites is 1. The summed E-state index contributed by atoms with van der Waals surface area (Å²) in [7, 11) is 3.40. The van der Waals surface area contributed by atoms with Crippen molar-refractivity contribution < 1.29 is 18.7 Å². The van der Waals surface area contributed by atoms with E-state index in [1.165, 1.54) is 7.11 Å². The Hall–Kier alpha value is -4.84. The second-order valence-corrected chi connectivity index (χ2v) is 9.24. The third-order valence-corrected chi connectivity index (χ3v) is 6.74. The summed E-state index contributed by atoms with van der Waals surface area (Å²) in [4.78, 5) is 17.0. The van der Waals surface area contributed by atoms with E-state index in [-0.39, 0.29) is 0 Å². The number of methoxy groups -OCH3 is 1. The van der Waals surface area contributed by atoms with E-state index in [0.29, 0.717) is 23.8 Å². The summed E-state index contributed by atoms with van der Waals surface area (Å²) < 4.78 is 19.3. The van der Waals surface area contributed by atoms with Gasteiger partial charge in [-0.3, -0.25) is 0 Å². The fourth-order valence-corrected chi connectivity index (χ4v) is 4.79. The summed E-state index contributed by atoms with van der Waals surface area (Å²) in [6, 6.07) is 29.8. The molecule has 1 unspecified atom stereocenters. The number of aromatic nitrogens is 2. The van der Waals surface area contributed by atoms with Crippen molar-refractivity contribution in [2.75, 3.05) is 7.11 Å². The number of hydrogen-bond acceptors (Lipinski definition) is 5. The Balaban J connectivity index is 1.25. The molecule has 0 amide bonds. The lowest BCUT2D eigenvalue weighted by molar-refractivity contribution is -0.148. The molecular formula is C32H26N2O4. The van der Waals surface area contributed by atoms with Gasteiger partial charge in [0.15, 0.2) is 11.9 Å². The molecule has 6 aromatic rings. The number of nitrogens with zero attached hydrogens (tertiary/aromatic N) is 2. The van der Waals surface area contributed by atoms with Crippen LogP contribution in [0.15, 0.2) is 108 Å². The van der Waals surface area contributed by atoms with E-state index < -0.39 is 12.1 Å². The lowest BCUT2D eigenvalue weighted by Crippen LogP contribution is -2.30. The Morgan fingerprint density at radius 1 is 0.947 bits per heavy atom. The predicted molar refractivity (Wildman–Crippen MR) is 148 cm³/mol. The third-order valence-electron chi connectivity index (χ3n) is 6.74. The zero-order chi connectivity index (χ0) is 26.1. The van der Waals surface area contributed by atoms with E-state index >= 15 is 0 Å². The lowest BCUT2D eigenvalue weighted by Gasteiger charge is -2.17. The van der Waals surface area contributed by atoms with Crippen molar-refractivity contribution in [1.29, 1.82) is 0 Å². The number of esters is 1. The van der Waals surface area contributed by atoms with Crippen LogP contribution in [0.3, 0.4) is 0 Å². The Bertz CT molecular complexity index is 1750. The number of carbonyl (C=O) groups is 1. The molecule has 0 aliphatic carbocycles. The molecule has 6 nitrogen and oxygen atoms in total. The highest BCUT2D eigenvalue weighted by atomic mass is 16.6. The first-order chi connectivity index (χ1) is 18.6. The quantitative estimate of drug-likeness (QED) is 0.224. The highest BCUT2D eigenvalue weighted by molar-refractivity contribution is 5.94. The normalized spacial score (nSPS) is 12.1. The molecule has 188 valence electrons. The van der Waals surface area contributed by atoms with Crippen LogP contribution in [0, 0.1) is 0 Å². The van der Waals surface area contributed by atoms with Crippen LogP contribution in [-0.4, -0.2) is 28.7 Å². The first-order valence-electron chi connectivity index (χ1n) is 12.4. The van der Waals surface area contributed by atoms with Crippen LogP contribution < -0.4 is 4.74 Å². The van der Waals surface area contributed by atoms with Crippen molar-refractivity contribution in [3.8, 4) is 28.5 Å². The number of aryl methyl sites for hydroxylation is 1. The molecule has 0 fully saturated rings. The van der Waals surface area contributed by atoms with Gasteiger partial charge in [0.05, 0.1) is 18.9 Å². The molecule has 6 heteroatoms. The van der Waals surface area contributed by atoms with E-state index in [1.54, 1.807) is 6.20 Å². The number of benzene rings is 4. The molecule has 0 saturated carbocycles. The minimum absolute atomic E-state index is 0.406. The maximum atomic E-state index is 12.4.